The molecule has 94 valence electrons. The van der Waals surface area contributed by atoms with Crippen LogP contribution in [0.15, 0.2) is 33.0 Å². The van der Waals surface area contributed by atoms with Crippen molar-refractivity contribution in [1.82, 2.24) is 9.97 Å². The highest BCUT2D eigenvalue weighted by Crippen LogP contribution is 2.30. The fraction of sp³-hybridized carbons (Fsp3) is 0.0909. The van der Waals surface area contributed by atoms with Gasteiger partial charge in [-0.15, -0.1) is 0 Å². The maximum Gasteiger partial charge on any atom is 0.251 e. The van der Waals surface area contributed by atoms with E-state index in [1.165, 1.54) is 6.07 Å². The van der Waals surface area contributed by atoms with Crippen LogP contribution >= 0.6 is 11.8 Å². The van der Waals surface area contributed by atoms with Crippen LogP contribution in [0.1, 0.15) is 5.69 Å². The van der Waals surface area contributed by atoms with Crippen molar-refractivity contribution >= 4 is 17.4 Å². The van der Waals surface area contributed by atoms with Gasteiger partial charge in [-0.3, -0.25) is 4.79 Å². The molecule has 18 heavy (non-hydrogen) atoms. The largest absolute Gasteiger partial charge is 0.399 e. The number of aromatic amines is 1. The molecule has 0 aliphatic carbocycles. The summed E-state index contributed by atoms with van der Waals surface area (Å²) in [5.41, 5.74) is 5.40. The molecule has 0 radical (unpaired) electrons. The molecule has 0 aliphatic rings. The summed E-state index contributed by atoms with van der Waals surface area (Å²) in [5.74, 6) is -1.58. The van der Waals surface area contributed by atoms with Gasteiger partial charge in [-0.2, -0.15) is 0 Å². The van der Waals surface area contributed by atoms with Crippen molar-refractivity contribution in [3.63, 3.8) is 0 Å². The molecular weight excluding hydrogens is 260 g/mol. The van der Waals surface area contributed by atoms with Gasteiger partial charge < -0.3 is 10.7 Å². The van der Waals surface area contributed by atoms with Gasteiger partial charge in [0.05, 0.1) is 4.90 Å². The minimum Gasteiger partial charge on any atom is -0.399 e. The maximum atomic E-state index is 13.5. The third-order valence-corrected chi connectivity index (χ3v) is 3.05. The molecule has 0 amide bonds. The summed E-state index contributed by atoms with van der Waals surface area (Å²) in [7, 11) is 0. The predicted molar refractivity (Wildman–Crippen MR) is 64.5 cm³/mol. The second-order valence-corrected chi connectivity index (χ2v) is 4.61. The van der Waals surface area contributed by atoms with Gasteiger partial charge in [-0.25, -0.2) is 13.8 Å². The average molecular weight is 269 g/mol. The van der Waals surface area contributed by atoms with Crippen molar-refractivity contribution in [3.05, 3.63) is 45.9 Å². The number of benzene rings is 1. The first-order chi connectivity index (χ1) is 8.45. The molecule has 0 saturated carbocycles. The number of halogens is 2. The molecule has 1 heterocycles. The van der Waals surface area contributed by atoms with Crippen LogP contribution in [-0.2, 0) is 0 Å². The van der Waals surface area contributed by atoms with Crippen LogP contribution in [0.2, 0.25) is 0 Å². The van der Waals surface area contributed by atoms with Gasteiger partial charge in [0.15, 0.2) is 5.16 Å². The first-order valence-electron chi connectivity index (χ1n) is 4.96. The molecule has 0 saturated heterocycles. The third-order valence-electron chi connectivity index (χ3n) is 2.07. The monoisotopic (exact) mass is 269 g/mol. The SMILES string of the molecule is Cc1cc(=O)[nH]c(Sc2c(F)cc(N)cc2F)n1. The number of hydrogen-bond donors (Lipinski definition) is 2. The minimum absolute atomic E-state index is 0.0000416. The highest BCUT2D eigenvalue weighted by molar-refractivity contribution is 7.99. The normalized spacial score (nSPS) is 10.6. The van der Waals surface area contributed by atoms with E-state index in [1.54, 1.807) is 6.92 Å². The van der Waals surface area contributed by atoms with E-state index in [4.69, 9.17) is 5.73 Å². The lowest BCUT2D eigenvalue weighted by molar-refractivity contribution is 0.541. The van der Waals surface area contributed by atoms with Crippen molar-refractivity contribution in [2.45, 2.75) is 17.0 Å². The molecule has 0 aliphatic heterocycles. The van der Waals surface area contributed by atoms with Gasteiger partial charge >= 0.3 is 0 Å². The molecule has 0 fully saturated rings. The Morgan fingerprint density at radius 1 is 1.28 bits per heavy atom. The highest BCUT2D eigenvalue weighted by atomic mass is 32.2. The summed E-state index contributed by atoms with van der Waals surface area (Å²) in [4.78, 5) is 17.3. The smallest absolute Gasteiger partial charge is 0.251 e. The summed E-state index contributed by atoms with van der Waals surface area (Å²) < 4.78 is 27.1. The lowest BCUT2D eigenvalue weighted by Crippen LogP contribution is -2.08. The second kappa shape index (κ2) is 4.77. The Morgan fingerprint density at radius 2 is 1.89 bits per heavy atom. The molecule has 0 spiro atoms. The van der Waals surface area contributed by atoms with Gasteiger partial charge in [0.25, 0.3) is 5.56 Å². The fourth-order valence-electron chi connectivity index (χ4n) is 1.37. The first kappa shape index (κ1) is 12.6. The number of hydrogen-bond acceptors (Lipinski definition) is 4. The van der Waals surface area contributed by atoms with E-state index < -0.39 is 11.6 Å². The number of nitrogens with two attached hydrogens (primary N) is 1. The van der Waals surface area contributed by atoms with Crippen molar-refractivity contribution in [2.75, 3.05) is 5.73 Å². The quantitative estimate of drug-likeness (QED) is 0.647. The van der Waals surface area contributed by atoms with Crippen LogP contribution < -0.4 is 11.3 Å². The Kier molecular flexibility index (Phi) is 3.33. The summed E-state index contributed by atoms with van der Waals surface area (Å²) in [6.07, 6.45) is 0. The summed E-state index contributed by atoms with van der Waals surface area (Å²) in [6.45, 7) is 1.62. The predicted octanol–water partition coefficient (Wildman–Crippen LogP) is 2.09. The van der Waals surface area contributed by atoms with Gasteiger partial charge in [0.2, 0.25) is 0 Å². The van der Waals surface area contributed by atoms with Gasteiger partial charge in [-0.05, 0) is 30.8 Å². The molecule has 0 unspecified atom stereocenters. The summed E-state index contributed by atoms with van der Waals surface area (Å²) in [5, 5.41) is 0.127. The lowest BCUT2D eigenvalue weighted by atomic mass is 10.3. The number of nitrogen functional groups attached to an aromatic ring is 1. The number of rotatable bonds is 2. The number of H-pyrrole nitrogens is 1. The van der Waals surface area contributed by atoms with Crippen LogP contribution in [0.5, 0.6) is 0 Å². The third kappa shape index (κ3) is 2.67. The highest BCUT2D eigenvalue weighted by Gasteiger charge is 2.13. The van der Waals surface area contributed by atoms with Crippen LogP contribution in [0, 0.1) is 18.6 Å². The topological polar surface area (TPSA) is 71.8 Å². The Morgan fingerprint density at radius 3 is 2.44 bits per heavy atom. The number of anilines is 1. The van der Waals surface area contributed by atoms with E-state index in [0.29, 0.717) is 17.5 Å². The fourth-order valence-corrected chi connectivity index (χ4v) is 2.22. The standard InChI is InChI=1S/C11H9F2N3OS/c1-5-2-9(17)16-11(15-5)18-10-7(12)3-6(14)4-8(10)13/h2-4H,14H2,1H3,(H,15,16,17). The van der Waals surface area contributed by atoms with Crippen molar-refractivity contribution in [1.29, 1.82) is 0 Å². The molecular formula is C11H9F2N3OS. The van der Waals surface area contributed by atoms with E-state index in [2.05, 4.69) is 9.97 Å². The van der Waals surface area contributed by atoms with E-state index in [9.17, 15) is 13.6 Å². The van der Waals surface area contributed by atoms with Crippen LogP contribution in [0.25, 0.3) is 0 Å². The van der Waals surface area contributed by atoms with Gasteiger partial charge in [0, 0.05) is 17.4 Å². The molecule has 0 atom stereocenters. The summed E-state index contributed by atoms with van der Waals surface area (Å²) >= 11 is 0.706. The zero-order chi connectivity index (χ0) is 13.3. The molecule has 2 rings (SSSR count). The van der Waals surface area contributed by atoms with Gasteiger partial charge in [0.1, 0.15) is 11.6 Å². The van der Waals surface area contributed by atoms with E-state index in [1.807, 2.05) is 0 Å². The Bertz CT molecular complexity index is 634. The molecule has 7 heteroatoms. The molecule has 3 N–H and O–H groups in total. The Hall–Kier alpha value is -1.89. The van der Waals surface area contributed by atoms with Crippen molar-refractivity contribution < 1.29 is 8.78 Å². The van der Waals surface area contributed by atoms with E-state index >= 15 is 0 Å². The maximum absolute atomic E-state index is 13.5. The second-order valence-electron chi connectivity index (χ2n) is 3.61. The molecule has 1 aromatic carbocycles. The number of nitrogens with zero attached hydrogens (tertiary/aromatic N) is 1. The van der Waals surface area contributed by atoms with E-state index in [0.717, 1.165) is 12.1 Å². The average Bonchev–Trinajstić information content (AvgIpc) is 2.22. The van der Waals surface area contributed by atoms with Crippen LogP contribution in [0.3, 0.4) is 0 Å². The minimum atomic E-state index is -0.790. The Labute approximate surface area is 105 Å². The van der Waals surface area contributed by atoms with Crippen molar-refractivity contribution in [3.8, 4) is 0 Å². The molecule has 2 aromatic rings. The van der Waals surface area contributed by atoms with Crippen LogP contribution in [0.4, 0.5) is 14.5 Å². The van der Waals surface area contributed by atoms with E-state index in [-0.39, 0.29) is 21.3 Å². The number of aromatic nitrogens is 2. The Balaban J connectivity index is 2.43. The van der Waals surface area contributed by atoms with Crippen LogP contribution in [-0.4, -0.2) is 9.97 Å². The number of nitrogens with one attached hydrogen (secondary N) is 1. The molecule has 0 bridgehead atoms. The number of aryl methyl sites for hydroxylation is 1. The van der Waals surface area contributed by atoms with Gasteiger partial charge in [-0.1, -0.05) is 0 Å². The zero-order valence-electron chi connectivity index (χ0n) is 9.33. The molecule has 1 aromatic heterocycles. The zero-order valence-corrected chi connectivity index (χ0v) is 10.1. The molecule has 4 nitrogen and oxygen atoms in total. The summed E-state index contributed by atoms with van der Waals surface area (Å²) in [6, 6.07) is 3.32. The lowest BCUT2D eigenvalue weighted by Gasteiger charge is -2.05. The van der Waals surface area contributed by atoms with Crippen molar-refractivity contribution in [2.24, 2.45) is 0 Å². The first-order valence-corrected chi connectivity index (χ1v) is 5.77.